The van der Waals surface area contributed by atoms with Crippen LogP contribution in [0.2, 0.25) is 0 Å². The minimum Gasteiger partial charge on any atom is -0.490 e. The lowest BCUT2D eigenvalue weighted by Crippen LogP contribution is -2.40. The number of amides is 1. The maximum absolute atomic E-state index is 12.8. The van der Waals surface area contributed by atoms with E-state index >= 15 is 0 Å². The molecule has 2 aliphatic heterocycles. The van der Waals surface area contributed by atoms with Crippen LogP contribution in [0.1, 0.15) is 36.5 Å². The van der Waals surface area contributed by atoms with Crippen molar-refractivity contribution in [1.82, 2.24) is 5.32 Å². The number of carbonyl (C=O) groups is 1. The van der Waals surface area contributed by atoms with Gasteiger partial charge in [-0.2, -0.15) is 0 Å². The zero-order valence-corrected chi connectivity index (χ0v) is 18.1. The molecular formula is C22H26N2O6S. The second kappa shape index (κ2) is 9.15. The van der Waals surface area contributed by atoms with Crippen LogP contribution in [0, 0.1) is 0 Å². The van der Waals surface area contributed by atoms with Crippen LogP contribution < -0.4 is 19.5 Å². The number of ether oxygens (including phenoxy) is 3. The predicted molar refractivity (Wildman–Crippen MR) is 115 cm³/mol. The molecule has 8 nitrogen and oxygen atoms in total. The number of sulfonamides is 1. The molecular weight excluding hydrogens is 420 g/mol. The Hall–Kier alpha value is -2.78. The van der Waals surface area contributed by atoms with Crippen molar-refractivity contribution in [2.45, 2.75) is 43.2 Å². The summed E-state index contributed by atoms with van der Waals surface area (Å²) in [7, 11) is -3.82. The Balaban J connectivity index is 1.42. The van der Waals surface area contributed by atoms with Crippen LogP contribution in [0.4, 0.5) is 5.69 Å². The average Bonchev–Trinajstić information content (AvgIpc) is 3.19. The second-order valence-corrected chi connectivity index (χ2v) is 9.34. The fourth-order valence-electron chi connectivity index (χ4n) is 3.59. The third-order valence-electron chi connectivity index (χ3n) is 5.31. The third-order valence-corrected chi connectivity index (χ3v) is 6.69. The molecule has 1 fully saturated rings. The van der Waals surface area contributed by atoms with E-state index in [2.05, 4.69) is 10.0 Å². The van der Waals surface area contributed by atoms with Crippen molar-refractivity contribution in [2.24, 2.45) is 0 Å². The van der Waals surface area contributed by atoms with Crippen molar-refractivity contribution in [2.75, 3.05) is 24.5 Å². The molecule has 2 atom stereocenters. The monoisotopic (exact) mass is 446 g/mol. The SMILES string of the molecule is C[C@H](NC(=O)c1ccc(NS(=O)(=O)c2ccc3c(c2)OCCCO3)cc1)[C@H]1CCCO1. The Morgan fingerprint density at radius 3 is 2.45 bits per heavy atom. The number of benzene rings is 2. The lowest BCUT2D eigenvalue weighted by Gasteiger charge is -2.20. The van der Waals surface area contributed by atoms with Crippen LogP contribution >= 0.6 is 0 Å². The second-order valence-electron chi connectivity index (χ2n) is 7.66. The van der Waals surface area contributed by atoms with Crippen molar-refractivity contribution in [3.05, 3.63) is 48.0 Å². The highest BCUT2D eigenvalue weighted by atomic mass is 32.2. The molecule has 1 amide bonds. The summed E-state index contributed by atoms with van der Waals surface area (Å²) >= 11 is 0. The summed E-state index contributed by atoms with van der Waals surface area (Å²) in [5.41, 5.74) is 0.805. The smallest absolute Gasteiger partial charge is 0.262 e. The van der Waals surface area contributed by atoms with Crippen molar-refractivity contribution in [3.63, 3.8) is 0 Å². The van der Waals surface area contributed by atoms with Gasteiger partial charge in [0.05, 0.1) is 30.3 Å². The van der Waals surface area contributed by atoms with Gasteiger partial charge in [-0.25, -0.2) is 8.42 Å². The summed E-state index contributed by atoms with van der Waals surface area (Å²) < 4.78 is 44.8. The highest BCUT2D eigenvalue weighted by molar-refractivity contribution is 7.92. The van der Waals surface area contributed by atoms with Crippen molar-refractivity contribution >= 4 is 21.6 Å². The number of carbonyl (C=O) groups excluding carboxylic acids is 1. The quantitative estimate of drug-likeness (QED) is 0.707. The Morgan fingerprint density at radius 1 is 1.00 bits per heavy atom. The molecule has 0 aromatic heterocycles. The molecule has 1 saturated heterocycles. The highest BCUT2D eigenvalue weighted by Crippen LogP contribution is 2.32. The van der Waals surface area contributed by atoms with Crippen LogP contribution in [0.25, 0.3) is 0 Å². The summed E-state index contributed by atoms with van der Waals surface area (Å²) in [5.74, 6) is 0.720. The van der Waals surface area contributed by atoms with Gasteiger partial charge in [-0.05, 0) is 56.2 Å². The Bertz CT molecular complexity index is 1030. The van der Waals surface area contributed by atoms with Gasteiger partial charge in [0, 0.05) is 30.3 Å². The lowest BCUT2D eigenvalue weighted by molar-refractivity contribution is 0.0712. The Morgan fingerprint density at radius 2 is 1.74 bits per heavy atom. The number of anilines is 1. The van der Waals surface area contributed by atoms with Crippen molar-refractivity contribution in [3.8, 4) is 11.5 Å². The van der Waals surface area contributed by atoms with Gasteiger partial charge in [0.2, 0.25) is 0 Å². The van der Waals surface area contributed by atoms with E-state index in [0.29, 0.717) is 36.0 Å². The van der Waals surface area contributed by atoms with E-state index in [1.54, 1.807) is 30.3 Å². The molecule has 2 heterocycles. The van der Waals surface area contributed by atoms with Crippen molar-refractivity contribution < 1.29 is 27.4 Å². The van der Waals surface area contributed by atoms with E-state index in [-0.39, 0.29) is 22.9 Å². The van der Waals surface area contributed by atoms with Gasteiger partial charge in [-0.1, -0.05) is 0 Å². The maximum Gasteiger partial charge on any atom is 0.262 e. The molecule has 9 heteroatoms. The number of rotatable bonds is 6. The molecule has 31 heavy (non-hydrogen) atoms. The van der Waals surface area contributed by atoms with Crippen LogP contribution in [0.15, 0.2) is 47.4 Å². The standard InChI is InChI=1S/C22H26N2O6S/c1-15(19-4-2-11-28-19)23-22(25)16-5-7-17(8-6-16)24-31(26,27)18-9-10-20-21(14-18)30-13-3-12-29-20/h5-10,14-15,19,24H,2-4,11-13H2,1H3,(H,23,25)/t15-,19+/m0/s1. The summed E-state index contributed by atoms with van der Waals surface area (Å²) in [6.45, 7) is 3.65. The molecule has 166 valence electrons. The summed E-state index contributed by atoms with van der Waals surface area (Å²) in [5, 5.41) is 2.94. The van der Waals surface area contributed by atoms with Gasteiger partial charge < -0.3 is 19.5 Å². The Kier molecular flexibility index (Phi) is 6.33. The molecule has 0 aliphatic carbocycles. The van der Waals surface area contributed by atoms with E-state index in [9.17, 15) is 13.2 Å². The molecule has 2 aliphatic rings. The summed E-state index contributed by atoms with van der Waals surface area (Å²) in [6.07, 6.45) is 2.71. The zero-order chi connectivity index (χ0) is 21.8. The molecule has 2 N–H and O–H groups in total. The average molecular weight is 447 g/mol. The summed E-state index contributed by atoms with van der Waals surface area (Å²) in [4.78, 5) is 12.5. The van der Waals surface area contributed by atoms with E-state index in [1.165, 1.54) is 12.1 Å². The minimum atomic E-state index is -3.82. The first kappa shape index (κ1) is 21.5. The summed E-state index contributed by atoms with van der Waals surface area (Å²) in [6, 6.07) is 10.7. The highest BCUT2D eigenvalue weighted by Gasteiger charge is 2.24. The molecule has 2 aromatic carbocycles. The fraction of sp³-hybridized carbons (Fsp3) is 0.409. The van der Waals surface area contributed by atoms with E-state index < -0.39 is 10.0 Å². The molecule has 2 aromatic rings. The first-order valence-corrected chi connectivity index (χ1v) is 11.9. The minimum absolute atomic E-state index is 0.0327. The van der Waals surface area contributed by atoms with Gasteiger partial charge in [0.25, 0.3) is 15.9 Å². The Labute approximate surface area is 181 Å². The molecule has 0 bridgehead atoms. The molecule has 0 spiro atoms. The fourth-order valence-corrected chi connectivity index (χ4v) is 4.67. The predicted octanol–water partition coefficient (Wildman–Crippen LogP) is 2.95. The van der Waals surface area contributed by atoms with Gasteiger partial charge in [-0.3, -0.25) is 9.52 Å². The first-order valence-electron chi connectivity index (χ1n) is 10.4. The van der Waals surface area contributed by atoms with Gasteiger partial charge in [-0.15, -0.1) is 0 Å². The van der Waals surface area contributed by atoms with Gasteiger partial charge in [0.15, 0.2) is 11.5 Å². The van der Waals surface area contributed by atoms with Crippen molar-refractivity contribution in [1.29, 1.82) is 0 Å². The van der Waals surface area contributed by atoms with E-state index in [4.69, 9.17) is 14.2 Å². The number of fused-ring (bicyclic) bond motifs is 1. The topological polar surface area (TPSA) is 103 Å². The number of hydrogen-bond acceptors (Lipinski definition) is 6. The van der Waals surface area contributed by atoms with Gasteiger partial charge in [0.1, 0.15) is 0 Å². The zero-order valence-electron chi connectivity index (χ0n) is 17.3. The normalized spacial score (nSPS) is 19.3. The molecule has 4 rings (SSSR count). The van der Waals surface area contributed by atoms with Crippen LogP contribution in [-0.2, 0) is 14.8 Å². The van der Waals surface area contributed by atoms with Crippen LogP contribution in [0.5, 0.6) is 11.5 Å². The van der Waals surface area contributed by atoms with Crippen LogP contribution in [-0.4, -0.2) is 46.3 Å². The third kappa shape index (κ3) is 5.11. The number of nitrogens with one attached hydrogen (secondary N) is 2. The molecule has 0 unspecified atom stereocenters. The van der Waals surface area contributed by atoms with E-state index in [1.807, 2.05) is 6.92 Å². The maximum atomic E-state index is 12.8. The largest absolute Gasteiger partial charge is 0.490 e. The molecule has 0 saturated carbocycles. The van der Waals surface area contributed by atoms with Gasteiger partial charge >= 0.3 is 0 Å². The van der Waals surface area contributed by atoms with Crippen LogP contribution in [0.3, 0.4) is 0 Å². The first-order chi connectivity index (χ1) is 14.9. The van der Waals surface area contributed by atoms with E-state index in [0.717, 1.165) is 25.9 Å². The lowest BCUT2D eigenvalue weighted by atomic mass is 10.1. The molecule has 0 radical (unpaired) electrons. The number of hydrogen-bond donors (Lipinski definition) is 2.